The average molecular weight is 603 g/mol. The van der Waals surface area contributed by atoms with E-state index in [1.807, 2.05) is 0 Å². The lowest BCUT2D eigenvalue weighted by molar-refractivity contribution is 1.21. The normalized spacial score (nSPS) is 11.1. The molecule has 2 heteroatoms. The van der Waals surface area contributed by atoms with Crippen LogP contribution in [0.15, 0.2) is 188 Å². The van der Waals surface area contributed by atoms with Crippen molar-refractivity contribution in [2.24, 2.45) is 0 Å². The molecular weight excluding hydrogens is 569 g/mol. The fourth-order valence-electron chi connectivity index (χ4n) is 6.59. The summed E-state index contributed by atoms with van der Waals surface area (Å²) in [5, 5.41) is 5.04. The van der Waals surface area contributed by atoms with E-state index in [1.165, 1.54) is 49.5 Å². The zero-order valence-corrected chi connectivity index (χ0v) is 26.3. The Morgan fingerprint density at radius 1 is 0.319 bits per heavy atom. The molecule has 0 saturated heterocycles. The van der Waals surface area contributed by atoms with Gasteiger partial charge in [-0.25, -0.2) is 0 Å². The van der Waals surface area contributed by atoms with Crippen LogP contribution in [-0.2, 0) is 0 Å². The van der Waals surface area contributed by atoms with Crippen LogP contribution >= 0.6 is 0 Å². The molecule has 0 unspecified atom stereocenters. The topological polar surface area (TPSA) is 6.48 Å². The van der Waals surface area contributed by atoms with Crippen LogP contribution in [0.25, 0.3) is 43.8 Å². The molecule has 47 heavy (non-hydrogen) atoms. The molecule has 224 valence electrons. The van der Waals surface area contributed by atoms with Crippen molar-refractivity contribution in [3.8, 4) is 22.3 Å². The van der Waals surface area contributed by atoms with Gasteiger partial charge in [0.15, 0.2) is 0 Å². The second-order valence-electron chi connectivity index (χ2n) is 11.9. The second-order valence-corrected chi connectivity index (χ2v) is 11.9. The van der Waals surface area contributed by atoms with Gasteiger partial charge in [0, 0.05) is 40.9 Å². The van der Waals surface area contributed by atoms with Crippen LogP contribution in [0.1, 0.15) is 0 Å². The van der Waals surface area contributed by atoms with Crippen molar-refractivity contribution in [3.63, 3.8) is 0 Å². The number of anilines is 5. The summed E-state index contributed by atoms with van der Waals surface area (Å²) in [5.74, 6) is 0. The highest BCUT2D eigenvalue weighted by Crippen LogP contribution is 2.40. The third kappa shape index (κ3) is 5.51. The molecule has 8 aromatic carbocycles. The Balaban J connectivity index is 1.17. The van der Waals surface area contributed by atoms with Gasteiger partial charge < -0.3 is 9.80 Å². The van der Waals surface area contributed by atoms with Crippen molar-refractivity contribution >= 4 is 50.0 Å². The Morgan fingerprint density at radius 3 is 1.23 bits per heavy atom. The Labute approximate surface area is 276 Å². The second kappa shape index (κ2) is 12.3. The number of rotatable bonds is 7. The molecule has 0 aliphatic carbocycles. The van der Waals surface area contributed by atoms with Crippen LogP contribution in [0.3, 0.4) is 0 Å². The molecule has 0 saturated carbocycles. The van der Waals surface area contributed by atoms with Gasteiger partial charge in [-0.15, -0.1) is 0 Å². The summed E-state index contributed by atoms with van der Waals surface area (Å²) >= 11 is 0. The minimum Gasteiger partial charge on any atom is -0.344 e. The number of nitrogens with zero attached hydrogens (tertiary/aromatic N) is 2. The predicted molar refractivity (Wildman–Crippen MR) is 202 cm³/mol. The zero-order chi connectivity index (χ0) is 31.6. The smallest absolute Gasteiger partial charge is 0.0494 e. The summed E-state index contributed by atoms with van der Waals surface area (Å²) < 4.78 is 0. The van der Waals surface area contributed by atoms with Crippen molar-refractivity contribution in [2.75, 3.05) is 16.8 Å². The van der Waals surface area contributed by atoms with Crippen molar-refractivity contribution in [3.05, 3.63) is 188 Å². The maximum atomic E-state index is 2.33. The van der Waals surface area contributed by atoms with E-state index in [0.29, 0.717) is 0 Å². The van der Waals surface area contributed by atoms with Crippen LogP contribution < -0.4 is 9.80 Å². The predicted octanol–water partition coefficient (Wildman–Crippen LogP) is 12.6. The highest BCUT2D eigenvalue weighted by atomic mass is 15.1. The molecule has 0 aromatic heterocycles. The highest BCUT2D eigenvalue weighted by molar-refractivity contribution is 6.13. The number of hydrogen-bond acceptors (Lipinski definition) is 2. The van der Waals surface area contributed by atoms with E-state index in [-0.39, 0.29) is 0 Å². The number of hydrogen-bond donors (Lipinski definition) is 0. The molecule has 2 nitrogen and oxygen atoms in total. The molecule has 0 amide bonds. The molecule has 0 spiro atoms. The molecule has 0 aliphatic rings. The van der Waals surface area contributed by atoms with E-state index in [9.17, 15) is 0 Å². The molecule has 8 rings (SSSR count). The summed E-state index contributed by atoms with van der Waals surface area (Å²) in [7, 11) is 2.16. The fourth-order valence-corrected chi connectivity index (χ4v) is 6.59. The Hall–Kier alpha value is -6.12. The molecule has 0 heterocycles. The minimum absolute atomic E-state index is 1.10. The van der Waals surface area contributed by atoms with Crippen LogP contribution in [0.2, 0.25) is 0 Å². The van der Waals surface area contributed by atoms with Crippen LogP contribution in [0.4, 0.5) is 28.4 Å². The first-order chi connectivity index (χ1) is 23.2. The van der Waals surface area contributed by atoms with Crippen LogP contribution in [0.5, 0.6) is 0 Å². The Bertz CT molecular complexity index is 2190. The molecule has 0 atom stereocenters. The molecule has 0 bridgehead atoms. The third-order valence-corrected chi connectivity index (χ3v) is 9.07. The highest BCUT2D eigenvalue weighted by Gasteiger charge is 2.16. The van der Waals surface area contributed by atoms with Crippen molar-refractivity contribution in [1.29, 1.82) is 0 Å². The molecule has 0 fully saturated rings. The zero-order valence-electron chi connectivity index (χ0n) is 26.3. The van der Waals surface area contributed by atoms with Crippen LogP contribution in [-0.4, -0.2) is 7.05 Å². The maximum Gasteiger partial charge on any atom is 0.0494 e. The number of fused-ring (bicyclic) bond motifs is 3. The van der Waals surface area contributed by atoms with E-state index in [0.717, 1.165) is 22.7 Å². The molecule has 0 aliphatic heterocycles. The standard InChI is InChI=1S/C45H34N2/c1-46(45-32-37-16-8-9-17-42(37)43-18-10-11-19-44(43)45)38-28-30-41(31-29-38)47(39-24-20-35(21-25-39)33-12-4-2-5-13-33)40-26-22-36(23-27-40)34-14-6-3-7-15-34/h2-32H,1H3. The maximum absolute atomic E-state index is 2.33. The number of benzene rings is 8. The first kappa shape index (κ1) is 28.4. The van der Waals surface area contributed by atoms with E-state index in [4.69, 9.17) is 0 Å². The van der Waals surface area contributed by atoms with E-state index < -0.39 is 0 Å². The van der Waals surface area contributed by atoms with Crippen molar-refractivity contribution in [1.82, 2.24) is 0 Å². The van der Waals surface area contributed by atoms with E-state index >= 15 is 0 Å². The fraction of sp³-hybridized carbons (Fsp3) is 0.0222. The first-order valence-corrected chi connectivity index (χ1v) is 16.1. The van der Waals surface area contributed by atoms with Crippen molar-refractivity contribution < 1.29 is 0 Å². The lowest BCUT2D eigenvalue weighted by atomic mass is 9.99. The summed E-state index contributed by atoms with van der Waals surface area (Å²) in [6.45, 7) is 0. The quantitative estimate of drug-likeness (QED) is 0.167. The first-order valence-electron chi connectivity index (χ1n) is 16.1. The SMILES string of the molecule is CN(c1ccc(N(c2ccc(-c3ccccc3)cc2)c2ccc(-c3ccccc3)cc2)cc1)c1cc2ccccc2c2ccccc12. The van der Waals surface area contributed by atoms with Gasteiger partial charge in [0.05, 0.1) is 0 Å². The van der Waals surface area contributed by atoms with E-state index in [2.05, 4.69) is 205 Å². The summed E-state index contributed by atoms with van der Waals surface area (Å²) in [4.78, 5) is 4.63. The van der Waals surface area contributed by atoms with Gasteiger partial charge in [-0.05, 0) is 93.0 Å². The third-order valence-electron chi connectivity index (χ3n) is 9.07. The largest absolute Gasteiger partial charge is 0.344 e. The molecular formula is C45H34N2. The molecule has 0 radical (unpaired) electrons. The van der Waals surface area contributed by atoms with Gasteiger partial charge in [0.2, 0.25) is 0 Å². The summed E-state index contributed by atoms with van der Waals surface area (Å²) in [6.07, 6.45) is 0. The lowest BCUT2D eigenvalue weighted by Gasteiger charge is -2.27. The Kier molecular flexibility index (Phi) is 7.45. The Morgan fingerprint density at radius 2 is 0.702 bits per heavy atom. The van der Waals surface area contributed by atoms with Gasteiger partial charge in [0.1, 0.15) is 0 Å². The summed E-state index contributed by atoms with van der Waals surface area (Å²) in [5.41, 5.74) is 10.5. The van der Waals surface area contributed by atoms with Gasteiger partial charge in [0.25, 0.3) is 0 Å². The van der Waals surface area contributed by atoms with Crippen LogP contribution in [0, 0.1) is 0 Å². The monoisotopic (exact) mass is 602 g/mol. The average Bonchev–Trinajstić information content (AvgIpc) is 3.16. The van der Waals surface area contributed by atoms with Crippen molar-refractivity contribution in [2.45, 2.75) is 0 Å². The van der Waals surface area contributed by atoms with E-state index in [1.54, 1.807) is 0 Å². The lowest BCUT2D eigenvalue weighted by Crippen LogP contribution is -2.12. The van der Waals surface area contributed by atoms with Gasteiger partial charge in [-0.2, -0.15) is 0 Å². The summed E-state index contributed by atoms with van der Waals surface area (Å²) in [6, 6.07) is 67.4. The van der Waals surface area contributed by atoms with Gasteiger partial charge in [-0.3, -0.25) is 0 Å². The van der Waals surface area contributed by atoms with Gasteiger partial charge >= 0.3 is 0 Å². The molecule has 0 N–H and O–H groups in total. The molecule has 8 aromatic rings. The van der Waals surface area contributed by atoms with Gasteiger partial charge in [-0.1, -0.05) is 133 Å². The minimum atomic E-state index is 1.10.